The van der Waals surface area contributed by atoms with Crippen LogP contribution >= 0.6 is 11.3 Å². The molecule has 0 aliphatic rings. The first-order valence-electron chi connectivity index (χ1n) is 6.61. The Kier molecular flexibility index (Phi) is 6.29. The van der Waals surface area contributed by atoms with Crippen LogP contribution in [0.3, 0.4) is 0 Å². The molecule has 1 rings (SSSR count). The summed E-state index contributed by atoms with van der Waals surface area (Å²) >= 11 is 1.83. The molecule has 0 fully saturated rings. The van der Waals surface area contributed by atoms with Crippen molar-refractivity contribution in [1.82, 2.24) is 9.80 Å². The zero-order chi connectivity index (χ0) is 13.7. The Labute approximate surface area is 116 Å². The maximum Gasteiger partial charge on any atom is 0.0594 e. The van der Waals surface area contributed by atoms with E-state index in [1.54, 1.807) is 0 Å². The molecule has 0 saturated carbocycles. The second-order valence-electron chi connectivity index (χ2n) is 5.27. The van der Waals surface area contributed by atoms with Crippen molar-refractivity contribution < 1.29 is 0 Å². The molecule has 1 heterocycles. The van der Waals surface area contributed by atoms with E-state index in [4.69, 9.17) is 5.73 Å². The molecule has 3 nitrogen and oxygen atoms in total. The van der Waals surface area contributed by atoms with Gasteiger partial charge in [-0.05, 0) is 51.5 Å². The van der Waals surface area contributed by atoms with Gasteiger partial charge in [0.2, 0.25) is 0 Å². The van der Waals surface area contributed by atoms with Gasteiger partial charge in [0.1, 0.15) is 0 Å². The average molecular weight is 269 g/mol. The minimum absolute atomic E-state index is 0.203. The topological polar surface area (TPSA) is 32.5 Å². The standard InChI is InChI=1S/C14H27N3S/c1-6-12(15)13(14-11(2)7-10-18-14)17(5)9-8-16(3)4/h7,10,12-13H,6,8-9,15H2,1-5H3. The maximum absolute atomic E-state index is 6.34. The van der Waals surface area contributed by atoms with Crippen molar-refractivity contribution in [1.29, 1.82) is 0 Å². The van der Waals surface area contributed by atoms with Crippen LogP contribution in [0.4, 0.5) is 0 Å². The highest BCUT2D eigenvalue weighted by molar-refractivity contribution is 7.10. The molecule has 2 atom stereocenters. The van der Waals surface area contributed by atoms with Gasteiger partial charge in [0.25, 0.3) is 0 Å². The molecule has 0 saturated heterocycles. The molecular formula is C14H27N3S. The number of likely N-dealkylation sites (N-methyl/N-ethyl adjacent to an activating group) is 2. The highest BCUT2D eigenvalue weighted by Crippen LogP contribution is 2.30. The lowest BCUT2D eigenvalue weighted by molar-refractivity contribution is 0.193. The molecule has 2 N–H and O–H groups in total. The lowest BCUT2D eigenvalue weighted by Crippen LogP contribution is -2.41. The van der Waals surface area contributed by atoms with E-state index in [1.165, 1.54) is 10.4 Å². The fraction of sp³-hybridized carbons (Fsp3) is 0.714. The Hall–Kier alpha value is -0.420. The van der Waals surface area contributed by atoms with E-state index in [1.807, 2.05) is 11.3 Å². The predicted molar refractivity (Wildman–Crippen MR) is 81.2 cm³/mol. The van der Waals surface area contributed by atoms with Crippen molar-refractivity contribution in [3.63, 3.8) is 0 Å². The van der Waals surface area contributed by atoms with Crippen LogP contribution in [0.2, 0.25) is 0 Å². The smallest absolute Gasteiger partial charge is 0.0594 e. The lowest BCUT2D eigenvalue weighted by atomic mass is 10.0. The summed E-state index contributed by atoms with van der Waals surface area (Å²) in [7, 11) is 6.40. The number of hydrogen-bond acceptors (Lipinski definition) is 4. The molecule has 104 valence electrons. The summed E-state index contributed by atoms with van der Waals surface area (Å²) in [5, 5.41) is 2.17. The Morgan fingerprint density at radius 2 is 1.94 bits per heavy atom. The molecule has 0 amide bonds. The minimum atomic E-state index is 0.203. The maximum atomic E-state index is 6.34. The summed E-state index contributed by atoms with van der Waals surface area (Å²) in [5.41, 5.74) is 7.70. The number of nitrogens with zero attached hydrogens (tertiary/aromatic N) is 2. The van der Waals surface area contributed by atoms with Crippen LogP contribution in [0.15, 0.2) is 11.4 Å². The fourth-order valence-electron chi connectivity index (χ4n) is 2.13. The van der Waals surface area contributed by atoms with Crippen LogP contribution in [0.5, 0.6) is 0 Å². The normalized spacial score (nSPS) is 15.3. The SMILES string of the molecule is CCC(N)C(c1sccc1C)N(C)CCN(C)C. The van der Waals surface area contributed by atoms with Gasteiger partial charge in [-0.3, -0.25) is 4.90 Å². The van der Waals surface area contributed by atoms with Crippen molar-refractivity contribution in [3.8, 4) is 0 Å². The highest BCUT2D eigenvalue weighted by Gasteiger charge is 2.25. The second kappa shape index (κ2) is 7.24. The van der Waals surface area contributed by atoms with Gasteiger partial charge in [0, 0.05) is 24.0 Å². The Morgan fingerprint density at radius 1 is 1.28 bits per heavy atom. The monoisotopic (exact) mass is 269 g/mol. The predicted octanol–water partition coefficient (Wildman–Crippen LogP) is 2.33. The molecule has 1 aromatic heterocycles. The van der Waals surface area contributed by atoms with Gasteiger partial charge >= 0.3 is 0 Å². The van der Waals surface area contributed by atoms with Crippen molar-refractivity contribution >= 4 is 11.3 Å². The van der Waals surface area contributed by atoms with Gasteiger partial charge in [-0.1, -0.05) is 6.92 Å². The molecule has 0 aliphatic heterocycles. The van der Waals surface area contributed by atoms with Crippen molar-refractivity contribution in [2.45, 2.75) is 32.4 Å². The van der Waals surface area contributed by atoms with Gasteiger partial charge in [-0.2, -0.15) is 0 Å². The summed E-state index contributed by atoms with van der Waals surface area (Å²) in [6.07, 6.45) is 1.01. The first-order valence-corrected chi connectivity index (χ1v) is 7.49. The van der Waals surface area contributed by atoms with Crippen LogP contribution in [-0.2, 0) is 0 Å². The first kappa shape index (κ1) is 15.6. The Balaban J connectivity index is 2.82. The van der Waals surface area contributed by atoms with Crippen LogP contribution in [0.1, 0.15) is 29.8 Å². The average Bonchev–Trinajstić information content (AvgIpc) is 2.73. The molecule has 2 unspecified atom stereocenters. The third-order valence-electron chi connectivity index (χ3n) is 3.42. The molecule has 0 aromatic carbocycles. The second-order valence-corrected chi connectivity index (χ2v) is 6.22. The molecule has 0 aliphatic carbocycles. The van der Waals surface area contributed by atoms with E-state index >= 15 is 0 Å². The quantitative estimate of drug-likeness (QED) is 0.824. The molecule has 18 heavy (non-hydrogen) atoms. The van der Waals surface area contributed by atoms with Crippen molar-refractivity contribution in [3.05, 3.63) is 21.9 Å². The van der Waals surface area contributed by atoms with E-state index in [0.717, 1.165) is 19.5 Å². The van der Waals surface area contributed by atoms with Crippen molar-refractivity contribution in [2.75, 3.05) is 34.2 Å². The van der Waals surface area contributed by atoms with E-state index < -0.39 is 0 Å². The number of nitrogens with two attached hydrogens (primary N) is 1. The van der Waals surface area contributed by atoms with Crippen molar-refractivity contribution in [2.24, 2.45) is 5.73 Å². The molecule has 0 radical (unpaired) electrons. The third kappa shape index (κ3) is 4.05. The molecule has 0 spiro atoms. The van der Waals surface area contributed by atoms with E-state index in [0.29, 0.717) is 6.04 Å². The molecule has 0 bridgehead atoms. The van der Waals surface area contributed by atoms with Gasteiger partial charge in [0.05, 0.1) is 6.04 Å². The minimum Gasteiger partial charge on any atom is -0.326 e. The summed E-state index contributed by atoms with van der Waals surface area (Å²) in [6, 6.07) is 2.74. The van der Waals surface area contributed by atoms with Crippen LogP contribution < -0.4 is 5.73 Å². The van der Waals surface area contributed by atoms with Crippen LogP contribution in [0.25, 0.3) is 0 Å². The zero-order valence-electron chi connectivity index (χ0n) is 12.3. The summed E-state index contributed by atoms with van der Waals surface area (Å²) in [4.78, 5) is 6.03. The summed E-state index contributed by atoms with van der Waals surface area (Å²) < 4.78 is 0. The summed E-state index contributed by atoms with van der Waals surface area (Å²) in [5.74, 6) is 0. The van der Waals surface area contributed by atoms with E-state index in [9.17, 15) is 0 Å². The van der Waals surface area contributed by atoms with Gasteiger partial charge < -0.3 is 10.6 Å². The molecular weight excluding hydrogens is 242 g/mol. The largest absolute Gasteiger partial charge is 0.326 e. The lowest BCUT2D eigenvalue weighted by Gasteiger charge is -2.33. The number of hydrogen-bond donors (Lipinski definition) is 1. The number of thiophene rings is 1. The van der Waals surface area contributed by atoms with Gasteiger partial charge in [0.15, 0.2) is 0 Å². The van der Waals surface area contributed by atoms with Gasteiger partial charge in [-0.25, -0.2) is 0 Å². The third-order valence-corrected chi connectivity index (χ3v) is 4.51. The Morgan fingerprint density at radius 3 is 2.39 bits per heavy atom. The molecule has 4 heteroatoms. The first-order chi connectivity index (χ1) is 8.47. The Bertz CT molecular complexity index is 349. The van der Waals surface area contributed by atoms with Crippen LogP contribution in [0, 0.1) is 6.92 Å². The number of rotatable bonds is 7. The molecule has 1 aromatic rings. The van der Waals surface area contributed by atoms with E-state index in [2.05, 4.69) is 56.2 Å². The van der Waals surface area contributed by atoms with E-state index in [-0.39, 0.29) is 6.04 Å². The van der Waals surface area contributed by atoms with Gasteiger partial charge in [-0.15, -0.1) is 11.3 Å². The highest BCUT2D eigenvalue weighted by atomic mass is 32.1. The zero-order valence-corrected chi connectivity index (χ0v) is 13.1. The van der Waals surface area contributed by atoms with Crippen LogP contribution in [-0.4, -0.2) is 50.1 Å². The fourth-order valence-corrected chi connectivity index (χ4v) is 3.30. The number of aryl methyl sites for hydroxylation is 1. The summed E-state index contributed by atoms with van der Waals surface area (Å²) in [6.45, 7) is 6.46.